The Kier molecular flexibility index (Phi) is 4.04. The summed E-state index contributed by atoms with van der Waals surface area (Å²) in [7, 11) is -3.14. The van der Waals surface area contributed by atoms with Crippen molar-refractivity contribution in [2.75, 3.05) is 32.4 Å². The highest BCUT2D eigenvalue weighted by Crippen LogP contribution is 2.21. The molecular weight excluding hydrogens is 322 g/mol. The molecular formula is C13H17N5O4S. The first-order valence-electron chi connectivity index (χ1n) is 7.12. The molecule has 0 aliphatic carbocycles. The van der Waals surface area contributed by atoms with Crippen molar-refractivity contribution in [1.82, 2.24) is 19.0 Å². The Morgan fingerprint density at radius 3 is 2.57 bits per heavy atom. The van der Waals surface area contributed by atoms with Crippen molar-refractivity contribution in [3.8, 4) is 0 Å². The molecule has 0 radical (unpaired) electrons. The molecule has 0 atom stereocenters. The predicted octanol–water partition coefficient (Wildman–Crippen LogP) is 0.479. The quantitative estimate of drug-likeness (QED) is 0.593. The summed E-state index contributed by atoms with van der Waals surface area (Å²) in [6, 6.07) is 4.65. The van der Waals surface area contributed by atoms with E-state index in [1.165, 1.54) is 22.7 Å². The van der Waals surface area contributed by atoms with E-state index in [4.69, 9.17) is 0 Å². The van der Waals surface area contributed by atoms with Gasteiger partial charge in [0.25, 0.3) is 5.69 Å². The van der Waals surface area contributed by atoms with E-state index in [1.807, 2.05) is 0 Å². The van der Waals surface area contributed by atoms with Gasteiger partial charge in [0.05, 0.1) is 29.6 Å². The van der Waals surface area contributed by atoms with Crippen LogP contribution in [0.4, 0.5) is 5.69 Å². The van der Waals surface area contributed by atoms with Crippen LogP contribution in [0.1, 0.15) is 0 Å². The molecule has 124 valence electrons. The number of nitrogens with zero attached hydrogens (tertiary/aromatic N) is 5. The number of benzene rings is 1. The maximum atomic E-state index is 11.5. The highest BCUT2D eigenvalue weighted by molar-refractivity contribution is 7.88. The molecule has 1 fully saturated rings. The molecule has 2 aromatic rings. The van der Waals surface area contributed by atoms with Gasteiger partial charge in [0.15, 0.2) is 0 Å². The molecule has 3 rings (SSSR count). The average molecular weight is 339 g/mol. The van der Waals surface area contributed by atoms with E-state index < -0.39 is 14.9 Å². The van der Waals surface area contributed by atoms with E-state index in [0.29, 0.717) is 38.2 Å². The van der Waals surface area contributed by atoms with E-state index in [2.05, 4.69) is 10.00 Å². The lowest BCUT2D eigenvalue weighted by molar-refractivity contribution is -0.384. The minimum Gasteiger partial charge on any atom is -0.282 e. The van der Waals surface area contributed by atoms with Crippen LogP contribution in [0.5, 0.6) is 0 Å². The molecule has 0 N–H and O–H groups in total. The van der Waals surface area contributed by atoms with Gasteiger partial charge in [-0.15, -0.1) is 0 Å². The Morgan fingerprint density at radius 2 is 1.96 bits per heavy atom. The van der Waals surface area contributed by atoms with Crippen LogP contribution in [0.3, 0.4) is 0 Å². The third kappa shape index (κ3) is 3.33. The first-order chi connectivity index (χ1) is 10.8. The summed E-state index contributed by atoms with van der Waals surface area (Å²) in [5.41, 5.74) is 0.861. The van der Waals surface area contributed by atoms with Gasteiger partial charge in [0.2, 0.25) is 10.0 Å². The lowest BCUT2D eigenvalue weighted by atomic mass is 10.2. The van der Waals surface area contributed by atoms with Crippen LogP contribution in [0.25, 0.3) is 10.9 Å². The van der Waals surface area contributed by atoms with Crippen molar-refractivity contribution in [1.29, 1.82) is 0 Å². The molecule has 10 heteroatoms. The number of non-ortho nitro benzene ring substituents is 1. The Hall–Kier alpha value is -2.04. The standard InChI is InChI=1S/C13H17N5O4S/c1-23(21,22)16-6-4-15(5-7-16)10-17-13-3-2-12(18(19)20)8-11(13)9-14-17/h2-3,8-9H,4-7,10H2,1H3. The minimum atomic E-state index is -3.14. The number of nitro benzene ring substituents is 1. The van der Waals surface area contributed by atoms with Crippen LogP contribution in [0.2, 0.25) is 0 Å². The number of piperazine rings is 1. The third-order valence-electron chi connectivity index (χ3n) is 3.97. The zero-order valence-corrected chi connectivity index (χ0v) is 13.4. The Morgan fingerprint density at radius 1 is 1.26 bits per heavy atom. The Labute approximate surface area is 133 Å². The van der Waals surface area contributed by atoms with Crippen LogP contribution >= 0.6 is 0 Å². The lowest BCUT2D eigenvalue weighted by Gasteiger charge is -2.33. The van der Waals surface area contributed by atoms with Gasteiger partial charge in [-0.1, -0.05) is 0 Å². The second-order valence-corrected chi connectivity index (χ2v) is 7.55. The summed E-state index contributed by atoms with van der Waals surface area (Å²) in [6.45, 7) is 2.70. The van der Waals surface area contributed by atoms with Gasteiger partial charge in [0.1, 0.15) is 0 Å². The maximum absolute atomic E-state index is 11.5. The van der Waals surface area contributed by atoms with Gasteiger partial charge in [-0.25, -0.2) is 8.42 Å². The van der Waals surface area contributed by atoms with Crippen LogP contribution in [0, 0.1) is 10.1 Å². The third-order valence-corrected chi connectivity index (χ3v) is 5.27. The lowest BCUT2D eigenvalue weighted by Crippen LogP contribution is -2.48. The SMILES string of the molecule is CS(=O)(=O)N1CCN(Cn2ncc3cc([N+](=O)[O-])ccc32)CC1. The number of sulfonamides is 1. The zero-order chi connectivity index (χ0) is 16.6. The molecule has 1 aliphatic rings. The van der Waals surface area contributed by atoms with Crippen molar-refractivity contribution < 1.29 is 13.3 Å². The molecule has 1 aromatic carbocycles. The highest BCUT2D eigenvalue weighted by atomic mass is 32.2. The second-order valence-electron chi connectivity index (χ2n) is 5.57. The van der Waals surface area contributed by atoms with Crippen LogP contribution in [0.15, 0.2) is 24.4 Å². The number of fused-ring (bicyclic) bond motifs is 1. The van der Waals surface area contributed by atoms with E-state index in [1.54, 1.807) is 16.9 Å². The van der Waals surface area contributed by atoms with Crippen molar-refractivity contribution in [3.63, 3.8) is 0 Å². The summed E-state index contributed by atoms with van der Waals surface area (Å²) in [5, 5.41) is 15.8. The largest absolute Gasteiger partial charge is 0.282 e. The van der Waals surface area contributed by atoms with Gasteiger partial charge in [-0.2, -0.15) is 9.40 Å². The molecule has 1 aromatic heterocycles. The van der Waals surface area contributed by atoms with E-state index >= 15 is 0 Å². The van der Waals surface area contributed by atoms with Crippen molar-refractivity contribution in [3.05, 3.63) is 34.5 Å². The maximum Gasteiger partial charge on any atom is 0.270 e. The number of aromatic nitrogens is 2. The van der Waals surface area contributed by atoms with Crippen molar-refractivity contribution in [2.24, 2.45) is 0 Å². The van der Waals surface area contributed by atoms with Crippen LogP contribution in [-0.4, -0.2) is 64.8 Å². The molecule has 0 saturated carbocycles. The van der Waals surface area contributed by atoms with Gasteiger partial charge >= 0.3 is 0 Å². The fourth-order valence-electron chi connectivity index (χ4n) is 2.69. The first-order valence-corrected chi connectivity index (χ1v) is 8.97. The summed E-state index contributed by atoms with van der Waals surface area (Å²) in [5.74, 6) is 0. The fourth-order valence-corrected chi connectivity index (χ4v) is 3.52. The molecule has 23 heavy (non-hydrogen) atoms. The normalized spacial score (nSPS) is 17.6. The second kappa shape index (κ2) is 5.87. The van der Waals surface area contributed by atoms with Gasteiger partial charge < -0.3 is 0 Å². The molecule has 0 unspecified atom stereocenters. The van der Waals surface area contributed by atoms with E-state index in [0.717, 1.165) is 5.52 Å². The number of nitro groups is 1. The van der Waals surface area contributed by atoms with E-state index in [9.17, 15) is 18.5 Å². The summed E-state index contributed by atoms with van der Waals surface area (Å²) >= 11 is 0. The zero-order valence-electron chi connectivity index (χ0n) is 12.6. The van der Waals surface area contributed by atoms with Crippen molar-refractivity contribution >= 4 is 26.6 Å². The Balaban J connectivity index is 1.72. The van der Waals surface area contributed by atoms with Gasteiger partial charge in [0, 0.05) is 43.7 Å². The predicted molar refractivity (Wildman–Crippen MR) is 84.4 cm³/mol. The highest BCUT2D eigenvalue weighted by Gasteiger charge is 2.23. The van der Waals surface area contributed by atoms with Crippen LogP contribution < -0.4 is 0 Å². The molecule has 9 nitrogen and oxygen atoms in total. The molecule has 0 amide bonds. The first kappa shape index (κ1) is 15.8. The number of rotatable bonds is 4. The molecule has 0 spiro atoms. The molecule has 1 saturated heterocycles. The smallest absolute Gasteiger partial charge is 0.270 e. The number of hydrogen-bond donors (Lipinski definition) is 0. The average Bonchev–Trinajstić information content (AvgIpc) is 2.89. The van der Waals surface area contributed by atoms with Gasteiger partial charge in [-0.3, -0.25) is 19.7 Å². The molecule has 0 bridgehead atoms. The van der Waals surface area contributed by atoms with Crippen LogP contribution in [-0.2, 0) is 16.7 Å². The topological polar surface area (TPSA) is 102 Å². The summed E-state index contributed by atoms with van der Waals surface area (Å²) < 4.78 is 26.3. The molecule has 1 aliphatic heterocycles. The number of hydrogen-bond acceptors (Lipinski definition) is 6. The Bertz CT molecular complexity index is 839. The minimum absolute atomic E-state index is 0.0406. The monoisotopic (exact) mass is 339 g/mol. The molecule has 2 heterocycles. The summed E-state index contributed by atoms with van der Waals surface area (Å²) in [6.07, 6.45) is 2.83. The fraction of sp³-hybridized carbons (Fsp3) is 0.462. The van der Waals surface area contributed by atoms with Gasteiger partial charge in [-0.05, 0) is 6.07 Å². The summed E-state index contributed by atoms with van der Waals surface area (Å²) in [4.78, 5) is 12.5. The van der Waals surface area contributed by atoms with E-state index in [-0.39, 0.29) is 5.69 Å². The van der Waals surface area contributed by atoms with Crippen molar-refractivity contribution in [2.45, 2.75) is 6.67 Å².